The molecular weight excluding hydrogens is 272 g/mol. The fraction of sp³-hybridized carbons (Fsp3) is 0.500. The van der Waals surface area contributed by atoms with E-state index in [1.165, 1.54) is 18.5 Å². The first-order chi connectivity index (χ1) is 9.91. The average Bonchev–Trinajstić information content (AvgIpc) is 2.47. The molecule has 0 radical (unpaired) electrons. The Hall–Kier alpha value is -2.31. The van der Waals surface area contributed by atoms with Crippen molar-refractivity contribution in [1.29, 1.82) is 0 Å². The van der Waals surface area contributed by atoms with E-state index in [1.54, 1.807) is 0 Å². The number of rotatable bonds is 3. The Bertz CT molecular complexity index is 699. The van der Waals surface area contributed by atoms with E-state index in [0.717, 1.165) is 23.8 Å². The summed E-state index contributed by atoms with van der Waals surface area (Å²) >= 11 is 0. The molecule has 0 aliphatic heterocycles. The summed E-state index contributed by atoms with van der Waals surface area (Å²) in [7, 11) is 1.38. The number of carbonyl (C=O) groups excluding carboxylic acids is 1. The number of hydrogen-bond donors (Lipinski definition) is 2. The second kappa shape index (κ2) is 5.99. The Labute approximate surface area is 122 Å². The average molecular weight is 292 g/mol. The van der Waals surface area contributed by atoms with E-state index >= 15 is 0 Å². The number of hydrogen-bond acceptors (Lipinski definition) is 4. The van der Waals surface area contributed by atoms with Crippen LogP contribution in [0.25, 0.3) is 0 Å². The fourth-order valence-corrected chi connectivity index (χ4v) is 2.53. The molecule has 114 valence electrons. The highest BCUT2D eigenvalue weighted by molar-refractivity contribution is 5.91. The monoisotopic (exact) mass is 292 g/mol. The van der Waals surface area contributed by atoms with Crippen LogP contribution in [0.1, 0.15) is 26.2 Å². The molecule has 1 aliphatic rings. The third kappa shape index (κ3) is 3.07. The normalized spacial score (nSPS) is 17.7. The lowest BCUT2D eigenvalue weighted by molar-refractivity contribution is -0.114. The number of carbonyl (C=O) groups is 1. The quantitative estimate of drug-likeness (QED) is 0.790. The molecular formula is C14H20N4O3. The van der Waals surface area contributed by atoms with Crippen molar-refractivity contribution in [3.63, 3.8) is 0 Å². The van der Waals surface area contributed by atoms with Crippen LogP contribution in [0.4, 0.5) is 11.5 Å². The summed E-state index contributed by atoms with van der Waals surface area (Å²) in [6.45, 7) is 1.73. The van der Waals surface area contributed by atoms with E-state index in [-0.39, 0.29) is 11.5 Å². The van der Waals surface area contributed by atoms with Crippen LogP contribution in [0, 0.1) is 5.92 Å². The standard InChI is InChI=1S/C14H20N4O3/c1-9(19)16-11-12(15)18(14(21)17(2)13(11)20)8-10-6-4-3-5-7-10/h3-4,10H,5-8,15H2,1-2H3,(H,16,19)/t10-/m1/s1. The number of aromatic nitrogens is 2. The smallest absolute Gasteiger partial charge is 0.332 e. The minimum atomic E-state index is -0.590. The zero-order chi connectivity index (χ0) is 15.6. The van der Waals surface area contributed by atoms with E-state index in [2.05, 4.69) is 17.5 Å². The molecule has 1 aromatic rings. The molecule has 0 saturated heterocycles. The van der Waals surface area contributed by atoms with Gasteiger partial charge in [-0.2, -0.15) is 0 Å². The van der Waals surface area contributed by atoms with Crippen molar-refractivity contribution >= 4 is 17.4 Å². The molecule has 0 unspecified atom stereocenters. The van der Waals surface area contributed by atoms with Crippen LogP contribution in [0.3, 0.4) is 0 Å². The van der Waals surface area contributed by atoms with Crippen molar-refractivity contribution in [3.05, 3.63) is 33.0 Å². The van der Waals surface area contributed by atoms with Gasteiger partial charge in [0.2, 0.25) is 5.91 Å². The van der Waals surface area contributed by atoms with Crippen LogP contribution in [0.15, 0.2) is 21.7 Å². The maximum atomic E-state index is 12.2. The molecule has 3 N–H and O–H groups in total. The summed E-state index contributed by atoms with van der Waals surface area (Å²) in [5, 5.41) is 2.42. The molecule has 0 fully saturated rings. The Morgan fingerprint density at radius 1 is 1.43 bits per heavy atom. The predicted octanol–water partition coefficient (Wildman–Crippen LogP) is 0.444. The zero-order valence-electron chi connectivity index (χ0n) is 12.3. The highest BCUT2D eigenvalue weighted by Crippen LogP contribution is 2.21. The third-order valence-corrected chi connectivity index (χ3v) is 3.70. The summed E-state index contributed by atoms with van der Waals surface area (Å²) in [6.07, 6.45) is 7.03. The topological polar surface area (TPSA) is 99.1 Å². The van der Waals surface area contributed by atoms with Crippen molar-refractivity contribution in [1.82, 2.24) is 9.13 Å². The van der Waals surface area contributed by atoms with Gasteiger partial charge in [0, 0.05) is 20.5 Å². The minimum absolute atomic E-state index is 0.0212. The van der Waals surface area contributed by atoms with Crippen molar-refractivity contribution < 1.29 is 4.79 Å². The molecule has 1 amide bonds. The van der Waals surface area contributed by atoms with Crippen molar-refractivity contribution in [2.24, 2.45) is 13.0 Å². The molecule has 7 nitrogen and oxygen atoms in total. The summed E-state index contributed by atoms with van der Waals surface area (Å²) in [6, 6.07) is 0. The highest BCUT2D eigenvalue weighted by Gasteiger charge is 2.19. The van der Waals surface area contributed by atoms with E-state index in [9.17, 15) is 14.4 Å². The molecule has 0 bridgehead atoms. The molecule has 2 rings (SSSR count). The van der Waals surface area contributed by atoms with Crippen LogP contribution in [0.2, 0.25) is 0 Å². The van der Waals surface area contributed by atoms with Crippen LogP contribution in [-0.4, -0.2) is 15.0 Å². The Balaban J connectivity index is 2.47. The van der Waals surface area contributed by atoms with Crippen molar-refractivity contribution in [2.75, 3.05) is 11.1 Å². The number of nitrogens with one attached hydrogen (secondary N) is 1. The number of anilines is 2. The molecule has 1 aromatic heterocycles. The first kappa shape index (κ1) is 15.1. The molecule has 1 aliphatic carbocycles. The number of nitrogen functional groups attached to an aromatic ring is 1. The zero-order valence-corrected chi connectivity index (χ0v) is 12.3. The molecule has 1 atom stereocenters. The fourth-order valence-electron chi connectivity index (χ4n) is 2.53. The van der Waals surface area contributed by atoms with E-state index < -0.39 is 17.2 Å². The molecule has 0 spiro atoms. The lowest BCUT2D eigenvalue weighted by atomic mass is 9.94. The summed E-state index contributed by atoms with van der Waals surface area (Å²) in [5.74, 6) is -0.0740. The van der Waals surface area contributed by atoms with Crippen LogP contribution >= 0.6 is 0 Å². The number of allylic oxidation sites excluding steroid dienone is 2. The van der Waals surface area contributed by atoms with Crippen LogP contribution in [-0.2, 0) is 18.4 Å². The van der Waals surface area contributed by atoms with Gasteiger partial charge in [-0.05, 0) is 25.2 Å². The van der Waals surface area contributed by atoms with Gasteiger partial charge in [0.05, 0.1) is 0 Å². The number of amides is 1. The summed E-state index contributed by atoms with van der Waals surface area (Å²) < 4.78 is 2.34. The molecule has 7 heteroatoms. The molecule has 1 heterocycles. The van der Waals surface area contributed by atoms with Gasteiger partial charge < -0.3 is 11.1 Å². The van der Waals surface area contributed by atoms with Gasteiger partial charge in [0.25, 0.3) is 5.56 Å². The van der Waals surface area contributed by atoms with Gasteiger partial charge >= 0.3 is 5.69 Å². The number of nitrogens with two attached hydrogens (primary N) is 1. The maximum absolute atomic E-state index is 12.2. The SMILES string of the molecule is CC(=O)Nc1c(N)n(C[C@@H]2CC=CCC2)c(=O)n(C)c1=O. The van der Waals surface area contributed by atoms with Crippen molar-refractivity contribution in [3.8, 4) is 0 Å². The lowest BCUT2D eigenvalue weighted by Crippen LogP contribution is -2.42. The van der Waals surface area contributed by atoms with Crippen LogP contribution < -0.4 is 22.3 Å². The summed E-state index contributed by atoms with van der Waals surface area (Å²) in [4.78, 5) is 35.5. The largest absolute Gasteiger partial charge is 0.383 e. The van der Waals surface area contributed by atoms with Gasteiger partial charge in [0.1, 0.15) is 11.5 Å². The maximum Gasteiger partial charge on any atom is 0.332 e. The Kier molecular flexibility index (Phi) is 4.30. The Morgan fingerprint density at radius 3 is 2.71 bits per heavy atom. The predicted molar refractivity (Wildman–Crippen MR) is 81.1 cm³/mol. The third-order valence-electron chi connectivity index (χ3n) is 3.70. The lowest BCUT2D eigenvalue weighted by Gasteiger charge is -2.21. The second-order valence-electron chi connectivity index (χ2n) is 5.35. The first-order valence-electron chi connectivity index (χ1n) is 6.93. The highest BCUT2D eigenvalue weighted by atomic mass is 16.2. The van der Waals surface area contributed by atoms with Gasteiger partial charge in [-0.25, -0.2) is 4.79 Å². The van der Waals surface area contributed by atoms with Gasteiger partial charge in [0.15, 0.2) is 0 Å². The molecule has 21 heavy (non-hydrogen) atoms. The Morgan fingerprint density at radius 2 is 2.14 bits per heavy atom. The second-order valence-corrected chi connectivity index (χ2v) is 5.35. The van der Waals surface area contributed by atoms with Gasteiger partial charge in [-0.1, -0.05) is 12.2 Å². The van der Waals surface area contributed by atoms with Crippen molar-refractivity contribution in [2.45, 2.75) is 32.7 Å². The molecule has 0 saturated carbocycles. The van der Waals surface area contributed by atoms with E-state index in [1.807, 2.05) is 0 Å². The molecule has 0 aromatic carbocycles. The first-order valence-corrected chi connectivity index (χ1v) is 6.93. The summed E-state index contributed by atoms with van der Waals surface area (Å²) in [5.41, 5.74) is 4.86. The number of nitrogens with zero attached hydrogens (tertiary/aromatic N) is 2. The van der Waals surface area contributed by atoms with E-state index in [0.29, 0.717) is 12.5 Å². The van der Waals surface area contributed by atoms with Gasteiger partial charge in [-0.3, -0.25) is 18.7 Å². The van der Waals surface area contributed by atoms with E-state index in [4.69, 9.17) is 5.73 Å². The van der Waals surface area contributed by atoms with Crippen LogP contribution in [0.5, 0.6) is 0 Å². The minimum Gasteiger partial charge on any atom is -0.383 e. The van der Waals surface area contributed by atoms with Gasteiger partial charge in [-0.15, -0.1) is 0 Å².